The van der Waals surface area contributed by atoms with Crippen LogP contribution < -0.4 is 16.6 Å². The molecule has 1 fully saturated rings. The van der Waals surface area contributed by atoms with Crippen LogP contribution in [0.1, 0.15) is 69.5 Å². The van der Waals surface area contributed by atoms with Crippen LogP contribution in [0.25, 0.3) is 22.0 Å². The lowest BCUT2D eigenvalue weighted by Gasteiger charge is -2.31. The highest BCUT2D eigenvalue weighted by Crippen LogP contribution is 2.28. The molecule has 1 unspecified atom stereocenters. The summed E-state index contributed by atoms with van der Waals surface area (Å²) in [6.45, 7) is 4.33. The van der Waals surface area contributed by atoms with Gasteiger partial charge in [-0.15, -0.1) is 0 Å². The molecule has 9 heteroatoms. The fraction of sp³-hybridized carbons (Fsp3) is 0.421. The van der Waals surface area contributed by atoms with Gasteiger partial charge in [0.1, 0.15) is 11.9 Å². The van der Waals surface area contributed by atoms with Gasteiger partial charge < -0.3 is 35.9 Å². The minimum Gasteiger partial charge on any atom is -0.506 e. The number of carbonyl (C=O) groups excluding carboxylic acids is 1. The van der Waals surface area contributed by atoms with E-state index in [9.17, 15) is 19.8 Å². The summed E-state index contributed by atoms with van der Waals surface area (Å²) in [7, 11) is 0. The number of piperidine rings is 1. The first-order chi connectivity index (χ1) is 22.9. The average molecular weight is 643 g/mol. The number of phenols is 1. The summed E-state index contributed by atoms with van der Waals surface area (Å²) < 4.78 is 5.08. The standard InChI is InChI=1S/C26H40N4O5.C12H10/c27-26(34)35-19-12-16-30(17-13-19)15-7-5-3-1-2-4-6-14-28-18-23(32)20-8-10-22(31)25-21(20)9-11-24(33)29-25;1-3-7-11(8-4-1)12-9-5-2-6-10-12/h8-11,19,23,28,31-32H,1-7,12-18H2,(H2,27,34)(H,29,33);1-10H. The smallest absolute Gasteiger partial charge is 0.404 e. The first-order valence-corrected chi connectivity index (χ1v) is 16.9. The van der Waals surface area contributed by atoms with Crippen LogP contribution in [-0.4, -0.2) is 65.0 Å². The minimum atomic E-state index is -0.717. The van der Waals surface area contributed by atoms with Gasteiger partial charge in [-0.25, -0.2) is 4.79 Å². The van der Waals surface area contributed by atoms with Crippen LogP contribution in [-0.2, 0) is 4.74 Å². The van der Waals surface area contributed by atoms with Crippen molar-refractivity contribution in [1.82, 2.24) is 15.2 Å². The molecule has 0 spiro atoms. The lowest BCUT2D eigenvalue weighted by molar-refractivity contribution is 0.0558. The summed E-state index contributed by atoms with van der Waals surface area (Å²) in [4.78, 5) is 27.4. The number of carbonyl (C=O) groups is 1. The van der Waals surface area contributed by atoms with Gasteiger partial charge in [-0.05, 0) is 67.6 Å². The zero-order valence-corrected chi connectivity index (χ0v) is 27.3. The third-order valence-corrected chi connectivity index (χ3v) is 8.63. The molecule has 0 radical (unpaired) electrons. The second kappa shape index (κ2) is 19.5. The number of aromatic nitrogens is 1. The number of nitrogens with two attached hydrogens (primary N) is 1. The molecule has 2 heterocycles. The number of nitrogens with zero attached hydrogens (tertiary/aromatic N) is 1. The quantitative estimate of drug-likeness (QED) is 0.0933. The number of unbranched alkanes of at least 4 members (excludes halogenated alkanes) is 6. The molecule has 1 aliphatic heterocycles. The molecule has 252 valence electrons. The molecular formula is C38H50N4O5. The maximum absolute atomic E-state index is 11.5. The Morgan fingerprint density at radius 3 is 2.06 bits per heavy atom. The van der Waals surface area contributed by atoms with Crippen LogP contribution in [0.5, 0.6) is 5.75 Å². The fourth-order valence-electron chi connectivity index (χ4n) is 6.04. The number of hydrogen-bond donors (Lipinski definition) is 5. The first-order valence-electron chi connectivity index (χ1n) is 16.9. The van der Waals surface area contributed by atoms with Crippen molar-refractivity contribution in [2.24, 2.45) is 5.73 Å². The van der Waals surface area contributed by atoms with Crippen molar-refractivity contribution in [2.75, 3.05) is 32.7 Å². The Hall–Kier alpha value is -4.18. The largest absolute Gasteiger partial charge is 0.506 e. The highest BCUT2D eigenvalue weighted by Gasteiger charge is 2.21. The van der Waals surface area contributed by atoms with Crippen LogP contribution >= 0.6 is 0 Å². The van der Waals surface area contributed by atoms with Crippen molar-refractivity contribution < 1.29 is 19.7 Å². The first kappa shape index (κ1) is 35.7. The van der Waals surface area contributed by atoms with E-state index in [1.165, 1.54) is 61.8 Å². The summed E-state index contributed by atoms with van der Waals surface area (Å²) in [5, 5.41) is 24.5. The lowest BCUT2D eigenvalue weighted by atomic mass is 10.0. The van der Waals surface area contributed by atoms with Gasteiger partial charge >= 0.3 is 6.09 Å². The molecule has 4 aromatic rings. The Morgan fingerprint density at radius 2 is 1.45 bits per heavy atom. The molecule has 1 aromatic heterocycles. The van der Waals surface area contributed by atoms with Crippen molar-refractivity contribution in [3.8, 4) is 16.9 Å². The molecule has 0 saturated carbocycles. The fourth-order valence-corrected chi connectivity index (χ4v) is 6.04. The van der Waals surface area contributed by atoms with Gasteiger partial charge in [0.05, 0.1) is 11.6 Å². The van der Waals surface area contributed by atoms with E-state index in [1.54, 1.807) is 12.1 Å². The molecule has 9 nitrogen and oxygen atoms in total. The number of benzene rings is 3. The van der Waals surface area contributed by atoms with Crippen LogP contribution in [0.3, 0.4) is 0 Å². The third-order valence-electron chi connectivity index (χ3n) is 8.63. The Balaban J connectivity index is 0.000000345. The zero-order valence-electron chi connectivity index (χ0n) is 27.3. The summed E-state index contributed by atoms with van der Waals surface area (Å²) in [5.41, 5.74) is 8.39. The number of amides is 1. The second-order valence-electron chi connectivity index (χ2n) is 12.2. The molecule has 47 heavy (non-hydrogen) atoms. The molecule has 1 saturated heterocycles. The predicted octanol–water partition coefficient (Wildman–Crippen LogP) is 6.50. The topological polar surface area (TPSA) is 141 Å². The number of hydrogen-bond acceptors (Lipinski definition) is 7. The van der Waals surface area contributed by atoms with Crippen molar-refractivity contribution in [3.05, 3.63) is 101 Å². The average Bonchev–Trinajstić information content (AvgIpc) is 3.09. The number of fused-ring (bicyclic) bond motifs is 1. The van der Waals surface area contributed by atoms with E-state index in [1.807, 2.05) is 12.1 Å². The number of H-pyrrole nitrogens is 1. The maximum atomic E-state index is 11.5. The highest BCUT2D eigenvalue weighted by atomic mass is 16.6. The Kier molecular flexibility index (Phi) is 14.8. The van der Waals surface area contributed by atoms with Gasteiger partial charge in [-0.1, -0.05) is 98.8 Å². The number of ether oxygens (including phenoxy) is 1. The van der Waals surface area contributed by atoms with E-state index in [4.69, 9.17) is 10.5 Å². The van der Waals surface area contributed by atoms with Crippen molar-refractivity contribution >= 4 is 17.0 Å². The van der Waals surface area contributed by atoms with Crippen molar-refractivity contribution in [1.29, 1.82) is 0 Å². The van der Waals surface area contributed by atoms with Gasteiger partial charge in [0.15, 0.2) is 0 Å². The van der Waals surface area contributed by atoms with Gasteiger partial charge in [0.25, 0.3) is 0 Å². The third kappa shape index (κ3) is 12.2. The summed E-state index contributed by atoms with van der Waals surface area (Å²) in [5.74, 6) is -0.00147. The van der Waals surface area contributed by atoms with E-state index in [2.05, 4.69) is 63.7 Å². The molecule has 6 N–H and O–H groups in total. The number of aromatic hydroxyl groups is 1. The number of likely N-dealkylation sites (tertiary alicyclic amines) is 1. The van der Waals surface area contributed by atoms with E-state index >= 15 is 0 Å². The number of aliphatic hydroxyl groups excluding tert-OH is 1. The van der Waals surface area contributed by atoms with Gasteiger partial charge in [0, 0.05) is 31.1 Å². The van der Waals surface area contributed by atoms with E-state index in [0.717, 1.165) is 45.4 Å². The van der Waals surface area contributed by atoms with Crippen LogP contribution in [0, 0.1) is 0 Å². The van der Waals surface area contributed by atoms with Crippen LogP contribution in [0.2, 0.25) is 0 Å². The molecule has 5 rings (SSSR count). The molecule has 0 bridgehead atoms. The normalized spacial score (nSPS) is 14.3. The monoisotopic (exact) mass is 642 g/mol. The lowest BCUT2D eigenvalue weighted by Crippen LogP contribution is -2.39. The van der Waals surface area contributed by atoms with E-state index in [-0.39, 0.29) is 17.4 Å². The number of aliphatic hydroxyl groups is 1. The van der Waals surface area contributed by atoms with Crippen LogP contribution in [0.4, 0.5) is 4.79 Å². The Labute approximate surface area is 277 Å². The Morgan fingerprint density at radius 1 is 0.851 bits per heavy atom. The number of rotatable bonds is 15. The summed E-state index contributed by atoms with van der Waals surface area (Å²) in [6.07, 6.45) is 8.76. The van der Waals surface area contributed by atoms with Crippen LogP contribution in [0.15, 0.2) is 89.7 Å². The molecule has 1 amide bonds. The zero-order chi connectivity index (χ0) is 33.3. The van der Waals surface area contributed by atoms with E-state index in [0.29, 0.717) is 23.0 Å². The predicted molar refractivity (Wildman–Crippen MR) is 188 cm³/mol. The van der Waals surface area contributed by atoms with Gasteiger partial charge in [-0.2, -0.15) is 0 Å². The van der Waals surface area contributed by atoms with E-state index < -0.39 is 12.2 Å². The molecular weight excluding hydrogens is 592 g/mol. The van der Waals surface area contributed by atoms with Crippen molar-refractivity contribution in [2.45, 2.75) is 70.0 Å². The number of aromatic amines is 1. The minimum absolute atomic E-state index is 0.00147. The number of pyridine rings is 1. The van der Waals surface area contributed by atoms with Gasteiger partial charge in [-0.3, -0.25) is 4.79 Å². The number of phenolic OH excluding ortho intramolecular Hbond substituents is 1. The maximum Gasteiger partial charge on any atom is 0.404 e. The number of nitrogens with one attached hydrogen (secondary N) is 2. The molecule has 3 aromatic carbocycles. The summed E-state index contributed by atoms with van der Waals surface area (Å²) >= 11 is 0. The van der Waals surface area contributed by atoms with Crippen molar-refractivity contribution in [3.63, 3.8) is 0 Å². The molecule has 1 atom stereocenters. The Bertz CT molecular complexity index is 1500. The molecule has 1 aliphatic rings. The molecule has 0 aliphatic carbocycles. The summed E-state index contributed by atoms with van der Waals surface area (Å²) in [6, 6.07) is 27.0. The number of primary amides is 1. The SMILES string of the molecule is NC(=O)OC1CCN(CCCCCCCCCNCC(O)c2ccc(O)c3[nH]c(=O)ccc23)CC1.c1ccc(-c2ccccc2)cc1. The second-order valence-corrected chi connectivity index (χ2v) is 12.2. The van der Waals surface area contributed by atoms with Gasteiger partial charge in [0.2, 0.25) is 5.56 Å². The highest BCUT2D eigenvalue weighted by molar-refractivity contribution is 5.87.